The van der Waals surface area contributed by atoms with Crippen molar-refractivity contribution in [3.63, 3.8) is 0 Å². The number of hydrogen-bond donors (Lipinski definition) is 0. The summed E-state index contributed by atoms with van der Waals surface area (Å²) in [4.78, 5) is 14.3. The van der Waals surface area contributed by atoms with Gasteiger partial charge in [-0.3, -0.25) is 4.79 Å². The van der Waals surface area contributed by atoms with Crippen molar-refractivity contribution >= 4 is 17.7 Å². The van der Waals surface area contributed by atoms with E-state index in [1.165, 1.54) is 5.56 Å². The SMILES string of the molecule is Cc1ccc(C(=O)N2CCSC2C)c(C)c1. The standard InChI is InChI=1S/C13H17NOS/c1-9-4-5-12(10(2)8-9)13(15)14-6-7-16-11(14)3/h4-5,8,11H,6-7H2,1-3H3. The maximum Gasteiger partial charge on any atom is 0.255 e. The first-order valence-electron chi connectivity index (χ1n) is 5.59. The number of carbonyl (C=O) groups excluding carboxylic acids is 1. The molecule has 2 rings (SSSR count). The molecule has 1 saturated heterocycles. The molecule has 1 aromatic rings. The molecule has 0 spiro atoms. The van der Waals surface area contributed by atoms with Gasteiger partial charge in [-0.25, -0.2) is 0 Å². The summed E-state index contributed by atoms with van der Waals surface area (Å²) in [5.74, 6) is 1.23. The third kappa shape index (κ3) is 2.09. The number of thioether (sulfide) groups is 1. The molecular formula is C13H17NOS. The Hall–Kier alpha value is -0.960. The highest BCUT2D eigenvalue weighted by Crippen LogP contribution is 2.25. The lowest BCUT2D eigenvalue weighted by molar-refractivity contribution is 0.0768. The van der Waals surface area contributed by atoms with Gasteiger partial charge in [0.2, 0.25) is 0 Å². The Bertz CT molecular complexity index is 416. The third-order valence-electron chi connectivity index (χ3n) is 3.00. The number of hydrogen-bond acceptors (Lipinski definition) is 2. The molecule has 0 bridgehead atoms. The van der Waals surface area contributed by atoms with Crippen LogP contribution in [-0.4, -0.2) is 28.5 Å². The number of nitrogens with zero attached hydrogens (tertiary/aromatic N) is 1. The van der Waals surface area contributed by atoms with Crippen LogP contribution in [0.4, 0.5) is 0 Å². The molecule has 86 valence electrons. The second-order valence-corrected chi connectivity index (χ2v) is 5.71. The topological polar surface area (TPSA) is 20.3 Å². The first kappa shape index (κ1) is 11.5. The Kier molecular flexibility index (Phi) is 3.24. The molecule has 0 aliphatic carbocycles. The van der Waals surface area contributed by atoms with Gasteiger partial charge >= 0.3 is 0 Å². The van der Waals surface area contributed by atoms with E-state index in [-0.39, 0.29) is 5.91 Å². The van der Waals surface area contributed by atoms with E-state index in [1.807, 2.05) is 35.7 Å². The Morgan fingerprint density at radius 1 is 1.44 bits per heavy atom. The van der Waals surface area contributed by atoms with Crippen molar-refractivity contribution < 1.29 is 4.79 Å². The largest absolute Gasteiger partial charge is 0.326 e. The van der Waals surface area contributed by atoms with Crippen molar-refractivity contribution in [3.05, 3.63) is 34.9 Å². The fraction of sp³-hybridized carbons (Fsp3) is 0.462. The number of aryl methyl sites for hydroxylation is 2. The molecule has 0 radical (unpaired) electrons. The lowest BCUT2D eigenvalue weighted by atomic mass is 10.0. The average molecular weight is 235 g/mol. The summed E-state index contributed by atoms with van der Waals surface area (Å²) in [5.41, 5.74) is 3.13. The molecule has 1 aromatic carbocycles. The van der Waals surface area contributed by atoms with Gasteiger partial charge in [-0.1, -0.05) is 17.7 Å². The normalized spacial score (nSPS) is 20.2. The first-order valence-corrected chi connectivity index (χ1v) is 6.64. The van der Waals surface area contributed by atoms with E-state index in [0.717, 1.165) is 23.4 Å². The Balaban J connectivity index is 2.27. The van der Waals surface area contributed by atoms with Gasteiger partial charge < -0.3 is 4.90 Å². The molecule has 2 nitrogen and oxygen atoms in total. The summed E-state index contributed by atoms with van der Waals surface area (Å²) in [6.45, 7) is 7.03. The van der Waals surface area contributed by atoms with Crippen molar-refractivity contribution in [2.24, 2.45) is 0 Å². The molecule has 0 N–H and O–H groups in total. The summed E-state index contributed by atoms with van der Waals surface area (Å²) in [5, 5.41) is 0.313. The van der Waals surface area contributed by atoms with Crippen molar-refractivity contribution in [2.45, 2.75) is 26.1 Å². The van der Waals surface area contributed by atoms with Crippen LogP contribution in [0.15, 0.2) is 18.2 Å². The van der Waals surface area contributed by atoms with Gasteiger partial charge in [-0.05, 0) is 32.4 Å². The first-order chi connectivity index (χ1) is 7.59. The van der Waals surface area contributed by atoms with Crippen LogP contribution >= 0.6 is 11.8 Å². The van der Waals surface area contributed by atoms with Gasteiger partial charge in [0, 0.05) is 17.9 Å². The van der Waals surface area contributed by atoms with Crippen molar-refractivity contribution in [1.29, 1.82) is 0 Å². The zero-order valence-electron chi connectivity index (χ0n) is 9.99. The molecule has 16 heavy (non-hydrogen) atoms. The van der Waals surface area contributed by atoms with E-state index in [2.05, 4.69) is 19.9 Å². The van der Waals surface area contributed by atoms with E-state index in [4.69, 9.17) is 0 Å². The number of rotatable bonds is 1. The van der Waals surface area contributed by atoms with Gasteiger partial charge in [-0.15, -0.1) is 11.8 Å². The minimum Gasteiger partial charge on any atom is -0.326 e. The molecule has 1 atom stereocenters. The highest BCUT2D eigenvalue weighted by atomic mass is 32.2. The Labute approximate surface area is 101 Å². The maximum atomic E-state index is 12.3. The van der Waals surface area contributed by atoms with Crippen LogP contribution in [0, 0.1) is 13.8 Å². The zero-order valence-corrected chi connectivity index (χ0v) is 10.8. The second-order valence-electron chi connectivity index (χ2n) is 4.29. The highest BCUT2D eigenvalue weighted by Gasteiger charge is 2.27. The molecular weight excluding hydrogens is 218 g/mol. The summed E-state index contributed by atoms with van der Waals surface area (Å²) in [7, 11) is 0. The van der Waals surface area contributed by atoms with E-state index < -0.39 is 0 Å². The maximum absolute atomic E-state index is 12.3. The monoisotopic (exact) mass is 235 g/mol. The molecule has 1 fully saturated rings. The van der Waals surface area contributed by atoms with E-state index >= 15 is 0 Å². The predicted octanol–water partition coefficient (Wildman–Crippen LogP) is 2.84. The van der Waals surface area contributed by atoms with Gasteiger partial charge in [0.25, 0.3) is 5.91 Å². The third-order valence-corrected chi connectivity index (χ3v) is 4.16. The van der Waals surface area contributed by atoms with Gasteiger partial charge in [0.05, 0.1) is 5.37 Å². The van der Waals surface area contributed by atoms with Crippen LogP contribution in [0.5, 0.6) is 0 Å². The molecule has 1 amide bonds. The summed E-state index contributed by atoms with van der Waals surface area (Å²) in [6.07, 6.45) is 0. The van der Waals surface area contributed by atoms with Crippen LogP contribution in [0.1, 0.15) is 28.4 Å². The predicted molar refractivity (Wildman–Crippen MR) is 68.9 cm³/mol. The summed E-state index contributed by atoms with van der Waals surface area (Å²) in [6, 6.07) is 6.03. The van der Waals surface area contributed by atoms with Gasteiger partial charge in [0.15, 0.2) is 0 Å². The molecule has 0 aromatic heterocycles. The zero-order chi connectivity index (χ0) is 11.7. The minimum atomic E-state index is 0.176. The van der Waals surface area contributed by atoms with Crippen LogP contribution in [0.3, 0.4) is 0 Å². The molecule has 0 saturated carbocycles. The molecule has 1 aliphatic rings. The quantitative estimate of drug-likeness (QED) is 0.746. The smallest absolute Gasteiger partial charge is 0.255 e. The van der Waals surface area contributed by atoms with Crippen LogP contribution in [0.25, 0.3) is 0 Å². The fourth-order valence-electron chi connectivity index (χ4n) is 2.07. The second kappa shape index (κ2) is 4.50. The average Bonchev–Trinajstić information content (AvgIpc) is 2.63. The van der Waals surface area contributed by atoms with Gasteiger partial charge in [0.1, 0.15) is 0 Å². The van der Waals surface area contributed by atoms with Gasteiger partial charge in [-0.2, -0.15) is 0 Å². The van der Waals surface area contributed by atoms with E-state index in [0.29, 0.717) is 5.37 Å². The molecule has 1 heterocycles. The van der Waals surface area contributed by atoms with Crippen molar-refractivity contribution in [2.75, 3.05) is 12.3 Å². The van der Waals surface area contributed by atoms with E-state index in [1.54, 1.807) is 0 Å². The van der Waals surface area contributed by atoms with E-state index in [9.17, 15) is 4.79 Å². The van der Waals surface area contributed by atoms with Crippen molar-refractivity contribution in [3.8, 4) is 0 Å². The highest BCUT2D eigenvalue weighted by molar-refractivity contribution is 8.00. The molecule has 1 unspecified atom stereocenters. The van der Waals surface area contributed by atoms with Crippen molar-refractivity contribution in [1.82, 2.24) is 4.90 Å². The Morgan fingerprint density at radius 2 is 2.19 bits per heavy atom. The van der Waals surface area contributed by atoms with Crippen LogP contribution < -0.4 is 0 Å². The number of carbonyl (C=O) groups is 1. The lowest BCUT2D eigenvalue weighted by Gasteiger charge is -2.21. The Morgan fingerprint density at radius 3 is 2.75 bits per heavy atom. The lowest BCUT2D eigenvalue weighted by Crippen LogP contribution is -2.33. The minimum absolute atomic E-state index is 0.176. The van der Waals surface area contributed by atoms with Crippen LogP contribution in [0.2, 0.25) is 0 Å². The summed E-state index contributed by atoms with van der Waals surface area (Å²) >= 11 is 1.84. The fourth-order valence-corrected chi connectivity index (χ4v) is 3.09. The van der Waals surface area contributed by atoms with Crippen LogP contribution in [-0.2, 0) is 0 Å². The number of benzene rings is 1. The molecule has 1 aliphatic heterocycles. The molecule has 3 heteroatoms. The summed E-state index contributed by atoms with van der Waals surface area (Å²) < 4.78 is 0. The number of amides is 1.